The zero-order valence-corrected chi connectivity index (χ0v) is 21.1. The monoisotopic (exact) mass is 502 g/mol. The summed E-state index contributed by atoms with van der Waals surface area (Å²) in [4.78, 5) is 12.8. The SMILES string of the molecule is C=C/C(=C\C(=C/C)c1ccc2[nH]nc(-c3cc4c(-c5cccc(F)c5)ccnc4[nH]3)c2n1)NC(=C)C1CC1. The first-order valence-electron chi connectivity index (χ1n) is 12.6. The van der Waals surface area contributed by atoms with E-state index in [0.29, 0.717) is 17.3 Å². The third-order valence-electron chi connectivity index (χ3n) is 6.84. The highest BCUT2D eigenvalue weighted by molar-refractivity contribution is 5.99. The topological polar surface area (TPSA) is 82.3 Å². The van der Waals surface area contributed by atoms with E-state index in [1.54, 1.807) is 18.3 Å². The van der Waals surface area contributed by atoms with Gasteiger partial charge in [0.25, 0.3) is 0 Å². The molecule has 5 aromatic rings. The molecule has 38 heavy (non-hydrogen) atoms. The second-order valence-electron chi connectivity index (χ2n) is 9.45. The quantitative estimate of drug-likeness (QED) is 0.195. The second kappa shape index (κ2) is 9.59. The molecule has 6 nitrogen and oxygen atoms in total. The van der Waals surface area contributed by atoms with Crippen LogP contribution in [0.25, 0.3) is 50.2 Å². The Balaban J connectivity index is 1.39. The maximum atomic E-state index is 13.9. The number of nitrogens with one attached hydrogen (secondary N) is 3. The van der Waals surface area contributed by atoms with Crippen LogP contribution in [0.4, 0.5) is 4.39 Å². The van der Waals surface area contributed by atoms with Gasteiger partial charge in [-0.15, -0.1) is 0 Å². The van der Waals surface area contributed by atoms with Gasteiger partial charge in [0.1, 0.15) is 22.7 Å². The Morgan fingerprint density at radius 3 is 2.79 bits per heavy atom. The van der Waals surface area contributed by atoms with E-state index >= 15 is 0 Å². The molecule has 6 rings (SSSR count). The molecule has 4 aromatic heterocycles. The molecule has 0 saturated heterocycles. The van der Waals surface area contributed by atoms with Crippen LogP contribution in [-0.4, -0.2) is 25.1 Å². The minimum atomic E-state index is -0.279. The Bertz CT molecular complexity index is 1770. The van der Waals surface area contributed by atoms with Crippen molar-refractivity contribution < 1.29 is 4.39 Å². The predicted octanol–water partition coefficient (Wildman–Crippen LogP) is 7.29. The van der Waals surface area contributed by atoms with Crippen LogP contribution in [0.3, 0.4) is 0 Å². The van der Waals surface area contributed by atoms with Crippen LogP contribution < -0.4 is 5.32 Å². The molecule has 1 aliphatic rings. The third kappa shape index (κ3) is 4.43. The number of aromatic amines is 2. The van der Waals surface area contributed by atoms with Crippen LogP contribution >= 0.6 is 0 Å². The molecule has 4 heterocycles. The summed E-state index contributed by atoms with van der Waals surface area (Å²) in [6.45, 7) is 10.1. The van der Waals surface area contributed by atoms with Gasteiger partial charge in [-0.1, -0.05) is 31.4 Å². The number of hydrogen-bond donors (Lipinski definition) is 3. The maximum absolute atomic E-state index is 13.9. The number of benzene rings is 1. The molecular formula is C31H27FN6. The summed E-state index contributed by atoms with van der Waals surface area (Å²) >= 11 is 0. The lowest BCUT2D eigenvalue weighted by Gasteiger charge is -2.11. The van der Waals surface area contributed by atoms with E-state index in [1.165, 1.54) is 25.0 Å². The van der Waals surface area contributed by atoms with Crippen molar-refractivity contribution in [3.63, 3.8) is 0 Å². The zero-order chi connectivity index (χ0) is 26.2. The highest BCUT2D eigenvalue weighted by Gasteiger charge is 2.24. The Hall–Kier alpha value is -4.78. The van der Waals surface area contributed by atoms with Crippen molar-refractivity contribution in [1.29, 1.82) is 0 Å². The molecule has 0 bridgehead atoms. The average Bonchev–Trinajstić information content (AvgIpc) is 3.56. The fourth-order valence-electron chi connectivity index (χ4n) is 4.65. The number of pyridine rings is 2. The van der Waals surface area contributed by atoms with Gasteiger partial charge in [-0.05, 0) is 90.9 Å². The molecule has 1 aliphatic carbocycles. The van der Waals surface area contributed by atoms with E-state index in [0.717, 1.165) is 55.9 Å². The molecule has 1 fully saturated rings. The molecule has 0 atom stereocenters. The first kappa shape index (κ1) is 23.6. The van der Waals surface area contributed by atoms with Crippen molar-refractivity contribution in [2.75, 3.05) is 0 Å². The Kier molecular flexibility index (Phi) is 5.96. The van der Waals surface area contributed by atoms with Crippen LogP contribution in [0.15, 0.2) is 97.5 Å². The molecule has 188 valence electrons. The molecule has 0 unspecified atom stereocenters. The van der Waals surface area contributed by atoms with Crippen LogP contribution in [0.2, 0.25) is 0 Å². The lowest BCUT2D eigenvalue weighted by molar-refractivity contribution is 0.628. The number of fused-ring (bicyclic) bond motifs is 2. The first-order valence-corrected chi connectivity index (χ1v) is 12.6. The minimum absolute atomic E-state index is 0.279. The molecule has 3 N–H and O–H groups in total. The van der Waals surface area contributed by atoms with Gasteiger partial charge >= 0.3 is 0 Å². The third-order valence-corrected chi connectivity index (χ3v) is 6.84. The van der Waals surface area contributed by atoms with Crippen LogP contribution in [0.5, 0.6) is 0 Å². The summed E-state index contributed by atoms with van der Waals surface area (Å²) in [5.74, 6) is 0.265. The van der Waals surface area contributed by atoms with E-state index in [9.17, 15) is 4.39 Å². The molecule has 0 radical (unpaired) electrons. The summed E-state index contributed by atoms with van der Waals surface area (Å²) in [6, 6.07) is 14.4. The fraction of sp³-hybridized carbons (Fsp3) is 0.129. The van der Waals surface area contributed by atoms with Gasteiger partial charge in [-0.3, -0.25) is 5.10 Å². The highest BCUT2D eigenvalue weighted by atomic mass is 19.1. The molecule has 0 aliphatic heterocycles. The maximum Gasteiger partial charge on any atom is 0.138 e. The molecular weight excluding hydrogens is 475 g/mol. The summed E-state index contributed by atoms with van der Waals surface area (Å²) in [7, 11) is 0. The van der Waals surface area contributed by atoms with Crippen LogP contribution in [0.1, 0.15) is 25.5 Å². The summed E-state index contributed by atoms with van der Waals surface area (Å²) in [5, 5.41) is 11.9. The van der Waals surface area contributed by atoms with Gasteiger partial charge in [0.05, 0.1) is 16.9 Å². The fourth-order valence-corrected chi connectivity index (χ4v) is 4.65. The minimum Gasteiger partial charge on any atom is -0.359 e. The van der Waals surface area contributed by atoms with E-state index in [1.807, 2.05) is 49.4 Å². The Labute approximate surface area is 219 Å². The number of H-pyrrole nitrogens is 2. The van der Waals surface area contributed by atoms with E-state index < -0.39 is 0 Å². The lowest BCUT2D eigenvalue weighted by atomic mass is 10.0. The van der Waals surface area contributed by atoms with E-state index in [-0.39, 0.29) is 5.82 Å². The number of aromatic nitrogens is 5. The van der Waals surface area contributed by atoms with Gasteiger partial charge in [-0.2, -0.15) is 5.10 Å². The number of nitrogens with zero attached hydrogens (tertiary/aromatic N) is 3. The molecule has 1 aromatic carbocycles. The highest BCUT2D eigenvalue weighted by Crippen LogP contribution is 2.35. The van der Waals surface area contributed by atoms with E-state index in [2.05, 4.69) is 38.6 Å². The van der Waals surface area contributed by atoms with E-state index in [4.69, 9.17) is 4.98 Å². The van der Waals surface area contributed by atoms with Crippen molar-refractivity contribution >= 4 is 27.6 Å². The lowest BCUT2D eigenvalue weighted by Crippen LogP contribution is -2.11. The molecule has 1 saturated carbocycles. The standard InChI is InChI=1S/C31H27FN6/c1-4-19(16-23(5-2)34-18(3)20-9-10-20)26-11-12-27-29(35-26)30(38-37-27)28-17-25-24(13-14-33-31(25)36-28)21-7-6-8-22(32)15-21/h4-8,11-17,20,34H,2-3,9-10H2,1H3,(H,33,36)(H,37,38)/b19-4+,23-16+. The first-order chi connectivity index (χ1) is 18.5. The smallest absolute Gasteiger partial charge is 0.138 e. The molecule has 7 heteroatoms. The molecule has 0 amide bonds. The van der Waals surface area contributed by atoms with Crippen molar-refractivity contribution in [1.82, 2.24) is 30.5 Å². The van der Waals surface area contributed by atoms with Crippen molar-refractivity contribution in [3.05, 3.63) is 109 Å². The van der Waals surface area contributed by atoms with Gasteiger partial charge in [0.2, 0.25) is 0 Å². The average molecular weight is 503 g/mol. The number of halogens is 1. The zero-order valence-electron chi connectivity index (χ0n) is 21.1. The number of allylic oxidation sites excluding steroid dienone is 5. The Morgan fingerprint density at radius 2 is 2.03 bits per heavy atom. The number of hydrogen-bond acceptors (Lipinski definition) is 4. The summed E-state index contributed by atoms with van der Waals surface area (Å²) in [6.07, 6.45) is 9.94. The van der Waals surface area contributed by atoms with Gasteiger partial charge < -0.3 is 10.3 Å². The largest absolute Gasteiger partial charge is 0.359 e. The van der Waals surface area contributed by atoms with Gasteiger partial charge in [0, 0.05) is 23.0 Å². The second-order valence-corrected chi connectivity index (χ2v) is 9.45. The van der Waals surface area contributed by atoms with Crippen LogP contribution in [0, 0.1) is 11.7 Å². The Morgan fingerprint density at radius 1 is 1.16 bits per heavy atom. The summed E-state index contributed by atoms with van der Waals surface area (Å²) < 4.78 is 13.9. The number of rotatable bonds is 8. The van der Waals surface area contributed by atoms with Crippen molar-refractivity contribution in [2.24, 2.45) is 5.92 Å². The summed E-state index contributed by atoms with van der Waals surface area (Å²) in [5.41, 5.74) is 9.09. The van der Waals surface area contributed by atoms with Crippen molar-refractivity contribution in [3.8, 4) is 22.5 Å². The van der Waals surface area contributed by atoms with Gasteiger partial charge in [-0.25, -0.2) is 14.4 Å². The molecule has 0 spiro atoms. The van der Waals surface area contributed by atoms with Crippen LogP contribution in [-0.2, 0) is 0 Å². The normalized spacial score (nSPS) is 14.3. The van der Waals surface area contributed by atoms with Gasteiger partial charge in [0.15, 0.2) is 0 Å². The predicted molar refractivity (Wildman–Crippen MR) is 151 cm³/mol. The van der Waals surface area contributed by atoms with Crippen molar-refractivity contribution in [2.45, 2.75) is 19.8 Å².